The minimum Gasteiger partial charge on any atom is -0.467 e. The van der Waals surface area contributed by atoms with Crippen molar-refractivity contribution < 1.29 is 14.1 Å². The van der Waals surface area contributed by atoms with Crippen LogP contribution in [-0.2, 0) is 11.3 Å². The highest BCUT2D eigenvalue weighted by molar-refractivity contribution is 7.22. The third-order valence-corrected chi connectivity index (χ3v) is 5.49. The van der Waals surface area contributed by atoms with E-state index >= 15 is 0 Å². The number of hydrogen-bond donors (Lipinski definition) is 0. The van der Waals surface area contributed by atoms with Crippen LogP contribution in [0.4, 0.5) is 10.8 Å². The lowest BCUT2D eigenvalue weighted by Crippen LogP contribution is -2.28. The number of thiazole rings is 1. The van der Waals surface area contributed by atoms with Crippen molar-refractivity contribution in [1.29, 1.82) is 0 Å². The molecule has 4 rings (SSSR count). The van der Waals surface area contributed by atoms with Gasteiger partial charge in [0.05, 0.1) is 27.9 Å². The smallest absolute Gasteiger partial charge is 0.269 e. The first-order chi connectivity index (χ1) is 14.5. The number of aryl methyl sites for hydroxylation is 1. The fraction of sp³-hybridized carbons (Fsp3) is 0.0909. The molecule has 2 aromatic carbocycles. The zero-order valence-corrected chi connectivity index (χ0v) is 16.8. The number of amides is 1. The SMILES string of the molecule is Cc1ccc2nc(N(Cc3ccco3)C(=O)/C=C\c3ccc([N+](=O)[O-])cc3)sc2c1. The van der Waals surface area contributed by atoms with E-state index in [9.17, 15) is 14.9 Å². The summed E-state index contributed by atoms with van der Waals surface area (Å²) in [4.78, 5) is 29.5. The second kappa shape index (κ2) is 8.30. The van der Waals surface area contributed by atoms with Crippen molar-refractivity contribution >= 4 is 44.4 Å². The monoisotopic (exact) mass is 419 g/mol. The highest BCUT2D eigenvalue weighted by Crippen LogP contribution is 2.31. The predicted octanol–water partition coefficient (Wildman–Crippen LogP) is 5.35. The zero-order chi connectivity index (χ0) is 21.1. The van der Waals surface area contributed by atoms with Crippen molar-refractivity contribution in [2.45, 2.75) is 13.5 Å². The van der Waals surface area contributed by atoms with Crippen LogP contribution in [0.3, 0.4) is 0 Å². The van der Waals surface area contributed by atoms with Gasteiger partial charge < -0.3 is 4.42 Å². The number of nitro groups is 1. The number of nitro benzene ring substituents is 1. The van der Waals surface area contributed by atoms with E-state index in [0.29, 0.717) is 16.5 Å². The average molecular weight is 419 g/mol. The molecule has 0 saturated heterocycles. The van der Waals surface area contributed by atoms with E-state index in [1.807, 2.05) is 25.1 Å². The Bertz CT molecular complexity index is 1230. The van der Waals surface area contributed by atoms with Gasteiger partial charge >= 0.3 is 0 Å². The topological polar surface area (TPSA) is 89.5 Å². The summed E-state index contributed by atoms with van der Waals surface area (Å²) in [6.45, 7) is 2.26. The Morgan fingerprint density at radius 1 is 1.23 bits per heavy atom. The Hall–Kier alpha value is -3.78. The highest BCUT2D eigenvalue weighted by atomic mass is 32.1. The second-order valence-corrected chi connectivity index (χ2v) is 7.66. The molecule has 0 atom stereocenters. The standard InChI is InChI=1S/C22H17N3O4S/c1-15-4-10-19-20(13-15)30-22(23-19)24(14-18-3-2-12-29-18)21(26)11-7-16-5-8-17(9-6-16)25(27)28/h2-13H,14H2,1H3/b11-7-. The third kappa shape index (κ3) is 4.28. The van der Waals surface area contributed by atoms with E-state index in [1.54, 1.807) is 41.5 Å². The van der Waals surface area contributed by atoms with Crippen LogP contribution < -0.4 is 4.90 Å². The number of benzene rings is 2. The van der Waals surface area contributed by atoms with Gasteiger partial charge in [-0.1, -0.05) is 17.4 Å². The van der Waals surface area contributed by atoms with E-state index in [4.69, 9.17) is 4.42 Å². The van der Waals surface area contributed by atoms with Crippen LogP contribution in [0.2, 0.25) is 0 Å². The molecular formula is C22H17N3O4S. The van der Waals surface area contributed by atoms with Gasteiger partial charge in [-0.2, -0.15) is 0 Å². The Kier molecular flexibility index (Phi) is 5.40. The van der Waals surface area contributed by atoms with Crippen LogP contribution in [0.1, 0.15) is 16.9 Å². The molecule has 7 nitrogen and oxygen atoms in total. The molecule has 2 heterocycles. The van der Waals surface area contributed by atoms with Gasteiger partial charge in [0.25, 0.3) is 11.6 Å². The van der Waals surface area contributed by atoms with Crippen LogP contribution in [0.15, 0.2) is 71.4 Å². The van der Waals surface area contributed by atoms with Gasteiger partial charge in [-0.05, 0) is 60.5 Å². The van der Waals surface area contributed by atoms with Crippen molar-refractivity contribution in [2.24, 2.45) is 0 Å². The first-order valence-electron chi connectivity index (χ1n) is 9.13. The third-order valence-electron chi connectivity index (χ3n) is 4.45. The van der Waals surface area contributed by atoms with E-state index in [2.05, 4.69) is 4.98 Å². The number of anilines is 1. The minimum absolute atomic E-state index is 0.00249. The molecule has 0 saturated carbocycles. The summed E-state index contributed by atoms with van der Waals surface area (Å²) in [6, 6.07) is 15.5. The van der Waals surface area contributed by atoms with Gasteiger partial charge in [0.15, 0.2) is 5.13 Å². The molecule has 0 spiro atoms. The fourth-order valence-electron chi connectivity index (χ4n) is 2.90. The number of carbonyl (C=O) groups excluding carboxylic acids is 1. The Balaban J connectivity index is 1.62. The predicted molar refractivity (Wildman–Crippen MR) is 116 cm³/mol. The molecule has 0 N–H and O–H groups in total. The molecule has 0 bridgehead atoms. The van der Waals surface area contributed by atoms with Gasteiger partial charge in [0.1, 0.15) is 5.76 Å². The van der Waals surface area contributed by atoms with Gasteiger partial charge in [-0.15, -0.1) is 0 Å². The Morgan fingerprint density at radius 2 is 2.03 bits per heavy atom. The maximum absolute atomic E-state index is 13.0. The second-order valence-electron chi connectivity index (χ2n) is 6.65. The molecule has 0 aliphatic heterocycles. The molecule has 0 fully saturated rings. The van der Waals surface area contributed by atoms with Crippen LogP contribution in [0.5, 0.6) is 0 Å². The van der Waals surface area contributed by atoms with Crippen LogP contribution in [0.25, 0.3) is 16.3 Å². The summed E-state index contributed by atoms with van der Waals surface area (Å²) < 4.78 is 6.42. The molecule has 30 heavy (non-hydrogen) atoms. The van der Waals surface area contributed by atoms with Gasteiger partial charge in [-0.3, -0.25) is 19.8 Å². The number of nitrogens with zero attached hydrogens (tertiary/aromatic N) is 3. The van der Waals surface area contributed by atoms with Crippen molar-refractivity contribution in [3.8, 4) is 0 Å². The number of rotatable bonds is 6. The number of fused-ring (bicyclic) bond motifs is 1. The summed E-state index contributed by atoms with van der Waals surface area (Å²) in [7, 11) is 0. The number of aromatic nitrogens is 1. The quantitative estimate of drug-likeness (QED) is 0.239. The van der Waals surface area contributed by atoms with Crippen molar-refractivity contribution in [2.75, 3.05) is 4.90 Å². The largest absolute Gasteiger partial charge is 0.467 e. The van der Waals surface area contributed by atoms with E-state index in [-0.39, 0.29) is 18.1 Å². The maximum Gasteiger partial charge on any atom is 0.269 e. The average Bonchev–Trinajstić information content (AvgIpc) is 3.39. The lowest BCUT2D eigenvalue weighted by Gasteiger charge is -2.16. The highest BCUT2D eigenvalue weighted by Gasteiger charge is 2.19. The summed E-state index contributed by atoms with van der Waals surface area (Å²) in [6.07, 6.45) is 4.62. The number of carbonyl (C=O) groups is 1. The number of non-ortho nitro benzene ring substituents is 1. The first-order valence-corrected chi connectivity index (χ1v) is 9.95. The lowest BCUT2D eigenvalue weighted by molar-refractivity contribution is -0.384. The molecule has 1 amide bonds. The maximum atomic E-state index is 13.0. The van der Waals surface area contributed by atoms with Crippen LogP contribution >= 0.6 is 11.3 Å². The van der Waals surface area contributed by atoms with Gasteiger partial charge in [0, 0.05) is 18.2 Å². The fourth-order valence-corrected chi connectivity index (χ4v) is 3.97. The van der Waals surface area contributed by atoms with E-state index < -0.39 is 4.92 Å². The van der Waals surface area contributed by atoms with Crippen molar-refractivity contribution in [3.63, 3.8) is 0 Å². The molecule has 0 aliphatic carbocycles. The minimum atomic E-state index is -0.460. The molecule has 0 unspecified atom stereocenters. The summed E-state index contributed by atoms with van der Waals surface area (Å²) >= 11 is 1.44. The molecular weight excluding hydrogens is 402 g/mol. The van der Waals surface area contributed by atoms with Crippen LogP contribution in [0, 0.1) is 17.0 Å². The molecule has 0 aliphatic rings. The summed E-state index contributed by atoms with van der Waals surface area (Å²) in [5, 5.41) is 11.4. The van der Waals surface area contributed by atoms with Crippen molar-refractivity contribution in [3.05, 3.63) is 93.9 Å². The number of furan rings is 1. The van der Waals surface area contributed by atoms with Gasteiger partial charge in [-0.25, -0.2) is 4.98 Å². The lowest BCUT2D eigenvalue weighted by atomic mass is 10.2. The van der Waals surface area contributed by atoms with E-state index in [0.717, 1.165) is 15.8 Å². The summed E-state index contributed by atoms with van der Waals surface area (Å²) in [5.41, 5.74) is 2.64. The Morgan fingerprint density at radius 3 is 2.73 bits per heavy atom. The normalized spacial score (nSPS) is 11.2. The molecule has 2 aromatic heterocycles. The van der Waals surface area contributed by atoms with Crippen LogP contribution in [-0.4, -0.2) is 15.8 Å². The number of hydrogen-bond acceptors (Lipinski definition) is 6. The van der Waals surface area contributed by atoms with Crippen molar-refractivity contribution in [1.82, 2.24) is 4.98 Å². The molecule has 150 valence electrons. The van der Waals surface area contributed by atoms with E-state index in [1.165, 1.54) is 29.5 Å². The Labute approximate surface area is 176 Å². The molecule has 4 aromatic rings. The summed E-state index contributed by atoms with van der Waals surface area (Å²) in [5.74, 6) is 0.378. The first kappa shape index (κ1) is 19.5. The van der Waals surface area contributed by atoms with Gasteiger partial charge in [0.2, 0.25) is 0 Å². The molecule has 0 radical (unpaired) electrons. The molecule has 8 heteroatoms. The zero-order valence-electron chi connectivity index (χ0n) is 16.0.